The zero-order valence-electron chi connectivity index (χ0n) is 12.5. The molecule has 1 fully saturated rings. The minimum absolute atomic E-state index is 0.130. The van der Waals surface area contributed by atoms with Gasteiger partial charge in [-0.1, -0.05) is 42.5 Å². The van der Waals surface area contributed by atoms with Crippen molar-refractivity contribution in [2.75, 3.05) is 20.3 Å². The number of hydrogen-bond acceptors (Lipinski definition) is 3. The average molecular weight is 283 g/mol. The van der Waals surface area contributed by atoms with E-state index in [-0.39, 0.29) is 6.10 Å². The van der Waals surface area contributed by atoms with E-state index in [9.17, 15) is 0 Å². The molecule has 1 N–H and O–H groups in total. The van der Waals surface area contributed by atoms with Gasteiger partial charge in [-0.2, -0.15) is 0 Å². The molecule has 1 heterocycles. The summed E-state index contributed by atoms with van der Waals surface area (Å²) in [5, 5.41) is 3.45. The highest BCUT2D eigenvalue weighted by Crippen LogP contribution is 2.31. The van der Waals surface area contributed by atoms with Crippen molar-refractivity contribution in [1.29, 1.82) is 0 Å². The first-order valence-corrected chi connectivity index (χ1v) is 7.38. The van der Waals surface area contributed by atoms with Crippen LogP contribution in [0.5, 0.6) is 5.75 Å². The van der Waals surface area contributed by atoms with Gasteiger partial charge >= 0.3 is 0 Å². The monoisotopic (exact) mass is 283 g/mol. The second-order valence-corrected chi connectivity index (χ2v) is 5.36. The van der Waals surface area contributed by atoms with Gasteiger partial charge in [0.1, 0.15) is 5.75 Å². The molecule has 0 amide bonds. The van der Waals surface area contributed by atoms with E-state index in [4.69, 9.17) is 9.47 Å². The Kier molecular flexibility index (Phi) is 4.23. The van der Waals surface area contributed by atoms with Crippen LogP contribution in [0.3, 0.4) is 0 Å². The number of nitrogens with one attached hydrogen (secondary N) is 1. The van der Waals surface area contributed by atoms with Gasteiger partial charge in [-0.15, -0.1) is 0 Å². The van der Waals surface area contributed by atoms with E-state index in [1.165, 1.54) is 5.56 Å². The quantitative estimate of drug-likeness (QED) is 0.936. The fourth-order valence-electron chi connectivity index (χ4n) is 2.84. The maximum atomic E-state index is 5.88. The summed E-state index contributed by atoms with van der Waals surface area (Å²) < 4.78 is 11.3. The molecule has 0 saturated carbocycles. The van der Waals surface area contributed by atoms with E-state index in [0.29, 0.717) is 6.04 Å². The third-order valence-corrected chi connectivity index (χ3v) is 3.98. The Bertz CT molecular complexity index is 594. The second-order valence-electron chi connectivity index (χ2n) is 5.36. The molecule has 1 aliphatic rings. The Morgan fingerprint density at radius 3 is 2.57 bits per heavy atom. The maximum absolute atomic E-state index is 5.88. The van der Waals surface area contributed by atoms with Crippen molar-refractivity contribution < 1.29 is 9.47 Å². The van der Waals surface area contributed by atoms with Crippen LogP contribution in [-0.2, 0) is 4.74 Å². The fourth-order valence-corrected chi connectivity index (χ4v) is 2.84. The van der Waals surface area contributed by atoms with E-state index < -0.39 is 0 Å². The number of para-hydroxylation sites is 1. The highest BCUT2D eigenvalue weighted by Gasteiger charge is 2.23. The molecule has 3 rings (SSSR count). The van der Waals surface area contributed by atoms with Gasteiger partial charge in [0.2, 0.25) is 0 Å². The Hall–Kier alpha value is -1.84. The van der Waals surface area contributed by atoms with Crippen molar-refractivity contribution in [3.05, 3.63) is 54.1 Å². The average Bonchev–Trinajstić information content (AvgIpc) is 2.55. The summed E-state index contributed by atoms with van der Waals surface area (Å²) in [7, 11) is 1.70. The third kappa shape index (κ3) is 2.94. The molecule has 0 aliphatic carbocycles. The molecule has 0 spiro atoms. The van der Waals surface area contributed by atoms with Gasteiger partial charge in [-0.25, -0.2) is 0 Å². The molecule has 1 saturated heterocycles. The van der Waals surface area contributed by atoms with Gasteiger partial charge in [-0.3, -0.25) is 0 Å². The highest BCUT2D eigenvalue weighted by molar-refractivity contribution is 5.70. The first-order valence-electron chi connectivity index (χ1n) is 7.38. The summed E-state index contributed by atoms with van der Waals surface area (Å²) in [6.07, 6.45) is 0.130. The molecule has 3 nitrogen and oxygen atoms in total. The molecule has 21 heavy (non-hydrogen) atoms. The molecule has 110 valence electrons. The van der Waals surface area contributed by atoms with Crippen LogP contribution in [0.1, 0.15) is 18.6 Å². The van der Waals surface area contributed by atoms with Gasteiger partial charge in [0, 0.05) is 18.2 Å². The summed E-state index contributed by atoms with van der Waals surface area (Å²) in [4.78, 5) is 0. The van der Waals surface area contributed by atoms with Crippen LogP contribution in [0.15, 0.2) is 48.5 Å². The van der Waals surface area contributed by atoms with E-state index in [2.05, 4.69) is 42.6 Å². The molecule has 2 aromatic rings. The fraction of sp³-hybridized carbons (Fsp3) is 0.333. The number of benzene rings is 2. The SMILES string of the molecule is COc1ccccc1-c1ccc([C@@H]2OCCN[C@H]2C)cc1. The van der Waals surface area contributed by atoms with Gasteiger partial charge in [0.25, 0.3) is 0 Å². The Labute approximate surface area is 125 Å². The standard InChI is InChI=1S/C18H21NO2/c1-13-18(21-12-11-19-13)15-9-7-14(8-10-15)16-5-3-4-6-17(16)20-2/h3-10,13,18-19H,11-12H2,1-2H3/t13-,18+/m0/s1. The van der Waals surface area contributed by atoms with E-state index >= 15 is 0 Å². The lowest BCUT2D eigenvalue weighted by Gasteiger charge is -2.30. The molecule has 0 unspecified atom stereocenters. The van der Waals surface area contributed by atoms with Crippen molar-refractivity contribution in [3.63, 3.8) is 0 Å². The summed E-state index contributed by atoms with van der Waals surface area (Å²) in [5.74, 6) is 0.897. The van der Waals surface area contributed by atoms with Crippen molar-refractivity contribution in [3.8, 4) is 16.9 Å². The minimum Gasteiger partial charge on any atom is -0.496 e. The maximum Gasteiger partial charge on any atom is 0.126 e. The lowest BCUT2D eigenvalue weighted by molar-refractivity contribution is -0.000215. The van der Waals surface area contributed by atoms with Gasteiger partial charge < -0.3 is 14.8 Å². The van der Waals surface area contributed by atoms with Crippen molar-refractivity contribution >= 4 is 0 Å². The number of hydrogen-bond donors (Lipinski definition) is 1. The molecule has 1 aliphatic heterocycles. The van der Waals surface area contributed by atoms with Crippen molar-refractivity contribution in [1.82, 2.24) is 5.32 Å². The number of rotatable bonds is 3. The molecule has 0 bridgehead atoms. The number of methoxy groups -OCH3 is 1. The Balaban J connectivity index is 1.87. The minimum atomic E-state index is 0.130. The largest absolute Gasteiger partial charge is 0.496 e. The van der Waals surface area contributed by atoms with Crippen LogP contribution in [0.4, 0.5) is 0 Å². The topological polar surface area (TPSA) is 30.5 Å². The predicted octanol–water partition coefficient (Wildman–Crippen LogP) is 3.41. The van der Waals surface area contributed by atoms with Crippen LogP contribution in [0.25, 0.3) is 11.1 Å². The molecule has 2 atom stereocenters. The van der Waals surface area contributed by atoms with E-state index in [0.717, 1.165) is 30.0 Å². The molecular weight excluding hydrogens is 262 g/mol. The first-order chi connectivity index (χ1) is 10.3. The van der Waals surface area contributed by atoms with E-state index in [1.807, 2.05) is 18.2 Å². The van der Waals surface area contributed by atoms with Crippen molar-refractivity contribution in [2.24, 2.45) is 0 Å². The molecule has 0 radical (unpaired) electrons. The number of ether oxygens (including phenoxy) is 2. The lowest BCUT2D eigenvalue weighted by atomic mass is 9.98. The smallest absolute Gasteiger partial charge is 0.126 e. The Morgan fingerprint density at radius 2 is 1.86 bits per heavy atom. The molecule has 3 heteroatoms. The Morgan fingerprint density at radius 1 is 1.10 bits per heavy atom. The van der Waals surface area contributed by atoms with Crippen molar-refractivity contribution in [2.45, 2.75) is 19.1 Å². The highest BCUT2D eigenvalue weighted by atomic mass is 16.5. The molecule has 2 aromatic carbocycles. The first kappa shape index (κ1) is 14.1. The lowest BCUT2D eigenvalue weighted by Crippen LogP contribution is -2.41. The summed E-state index contributed by atoms with van der Waals surface area (Å²) in [6.45, 7) is 3.86. The van der Waals surface area contributed by atoms with Gasteiger partial charge in [0.15, 0.2) is 0 Å². The zero-order chi connectivity index (χ0) is 14.7. The van der Waals surface area contributed by atoms with Crippen LogP contribution < -0.4 is 10.1 Å². The second kappa shape index (κ2) is 6.29. The summed E-state index contributed by atoms with van der Waals surface area (Å²) >= 11 is 0. The van der Waals surface area contributed by atoms with Crippen LogP contribution in [0, 0.1) is 0 Å². The summed E-state index contributed by atoms with van der Waals surface area (Å²) in [5.41, 5.74) is 3.49. The van der Waals surface area contributed by atoms with Crippen LogP contribution >= 0.6 is 0 Å². The number of morpholine rings is 1. The van der Waals surface area contributed by atoms with Crippen LogP contribution in [0.2, 0.25) is 0 Å². The predicted molar refractivity (Wildman–Crippen MR) is 84.6 cm³/mol. The molecular formula is C18H21NO2. The molecule has 0 aromatic heterocycles. The van der Waals surface area contributed by atoms with Crippen LogP contribution in [-0.4, -0.2) is 26.3 Å². The van der Waals surface area contributed by atoms with Gasteiger partial charge in [-0.05, 0) is 24.1 Å². The normalized spacial score (nSPS) is 22.0. The zero-order valence-corrected chi connectivity index (χ0v) is 12.5. The third-order valence-electron chi connectivity index (χ3n) is 3.98. The summed E-state index contributed by atoms with van der Waals surface area (Å²) in [6, 6.07) is 17.0. The van der Waals surface area contributed by atoms with E-state index in [1.54, 1.807) is 7.11 Å². The van der Waals surface area contributed by atoms with Gasteiger partial charge in [0.05, 0.1) is 19.8 Å².